The van der Waals surface area contributed by atoms with Gasteiger partial charge >= 0.3 is 0 Å². The van der Waals surface area contributed by atoms with Gasteiger partial charge in [0.1, 0.15) is 10.00 Å². The Kier molecular flexibility index (Phi) is 3.37. The van der Waals surface area contributed by atoms with Gasteiger partial charge in [0.2, 0.25) is 0 Å². The van der Waals surface area contributed by atoms with E-state index < -0.39 is 0 Å². The lowest BCUT2D eigenvalue weighted by molar-refractivity contribution is 1.05. The fourth-order valence-corrected chi connectivity index (χ4v) is 3.39. The maximum atomic E-state index is 5.82. The van der Waals surface area contributed by atoms with Crippen LogP contribution in [0.25, 0.3) is 10.6 Å². The highest BCUT2D eigenvalue weighted by molar-refractivity contribution is 7.81. The molecule has 1 saturated carbocycles. The van der Waals surface area contributed by atoms with E-state index in [1.807, 2.05) is 0 Å². The average molecular weight is 288 g/mol. The van der Waals surface area contributed by atoms with Crippen LogP contribution in [0.3, 0.4) is 0 Å². The second kappa shape index (κ2) is 5.02. The molecule has 1 fully saturated rings. The predicted octanol–water partition coefficient (Wildman–Crippen LogP) is 3.88. The van der Waals surface area contributed by atoms with Crippen molar-refractivity contribution in [1.29, 1.82) is 0 Å². The molecule has 0 saturated heterocycles. The summed E-state index contributed by atoms with van der Waals surface area (Å²) in [6.07, 6.45) is 3.49. The highest BCUT2D eigenvalue weighted by atomic mass is 32.1. The molecule has 1 aliphatic carbocycles. The van der Waals surface area contributed by atoms with Crippen molar-refractivity contribution in [2.24, 2.45) is 5.73 Å². The first kappa shape index (κ1) is 12.8. The lowest BCUT2D eigenvalue weighted by Gasteiger charge is -1.98. The Labute approximate surface area is 122 Å². The standard InChI is InChI=1S/C15H16N2S2/c1-2-9-3-5-11(6-4-9)15-17-12(10-7-8-10)13(19-15)14(16)18/h3-6,10H,2,7-8H2,1H3,(H2,16,18). The van der Waals surface area contributed by atoms with Crippen molar-refractivity contribution < 1.29 is 0 Å². The van der Waals surface area contributed by atoms with Gasteiger partial charge in [-0.2, -0.15) is 0 Å². The first-order valence-corrected chi connectivity index (χ1v) is 7.81. The summed E-state index contributed by atoms with van der Waals surface area (Å²) in [5, 5.41) is 1.03. The Morgan fingerprint density at radius 3 is 2.58 bits per heavy atom. The third-order valence-electron chi connectivity index (χ3n) is 3.45. The molecule has 0 spiro atoms. The fraction of sp³-hybridized carbons (Fsp3) is 0.333. The summed E-state index contributed by atoms with van der Waals surface area (Å²) >= 11 is 6.77. The summed E-state index contributed by atoms with van der Waals surface area (Å²) in [6, 6.07) is 8.59. The van der Waals surface area contributed by atoms with E-state index >= 15 is 0 Å². The maximum Gasteiger partial charge on any atom is 0.124 e. The number of nitrogens with zero attached hydrogens (tertiary/aromatic N) is 1. The topological polar surface area (TPSA) is 38.9 Å². The van der Waals surface area contributed by atoms with Gasteiger partial charge < -0.3 is 5.73 Å². The molecule has 1 aromatic carbocycles. The average Bonchev–Trinajstić information content (AvgIpc) is 3.17. The van der Waals surface area contributed by atoms with E-state index in [4.69, 9.17) is 22.9 Å². The molecule has 4 heteroatoms. The quantitative estimate of drug-likeness (QED) is 0.868. The molecule has 3 rings (SSSR count). The molecule has 2 aromatic rings. The van der Waals surface area contributed by atoms with Crippen molar-refractivity contribution in [3.63, 3.8) is 0 Å². The normalized spacial score (nSPS) is 14.6. The van der Waals surface area contributed by atoms with Crippen LogP contribution in [-0.4, -0.2) is 9.97 Å². The Balaban J connectivity index is 1.99. The summed E-state index contributed by atoms with van der Waals surface area (Å²) < 4.78 is 0. The van der Waals surface area contributed by atoms with Crippen LogP contribution in [0, 0.1) is 0 Å². The van der Waals surface area contributed by atoms with Gasteiger partial charge in [0, 0.05) is 11.5 Å². The summed E-state index contributed by atoms with van der Waals surface area (Å²) in [5.41, 5.74) is 9.44. The second-order valence-electron chi connectivity index (χ2n) is 4.92. The van der Waals surface area contributed by atoms with Gasteiger partial charge in [-0.25, -0.2) is 4.98 Å². The van der Waals surface area contributed by atoms with E-state index in [-0.39, 0.29) is 0 Å². The number of thiazole rings is 1. The molecule has 2 N–H and O–H groups in total. The molecule has 0 amide bonds. The van der Waals surface area contributed by atoms with Gasteiger partial charge in [-0.3, -0.25) is 0 Å². The molecule has 0 radical (unpaired) electrons. The summed E-state index contributed by atoms with van der Waals surface area (Å²) in [5.74, 6) is 0.580. The minimum Gasteiger partial charge on any atom is -0.389 e. The molecule has 98 valence electrons. The minimum absolute atomic E-state index is 0.482. The van der Waals surface area contributed by atoms with Gasteiger partial charge in [0.05, 0.1) is 10.6 Å². The first-order chi connectivity index (χ1) is 9.19. The molecule has 1 aliphatic rings. The van der Waals surface area contributed by atoms with Gasteiger partial charge in [-0.05, 0) is 24.8 Å². The van der Waals surface area contributed by atoms with Crippen LogP contribution >= 0.6 is 23.6 Å². The number of aromatic nitrogens is 1. The fourth-order valence-electron chi connectivity index (χ4n) is 2.15. The van der Waals surface area contributed by atoms with Crippen LogP contribution < -0.4 is 5.73 Å². The monoisotopic (exact) mass is 288 g/mol. The van der Waals surface area contributed by atoms with Crippen molar-refractivity contribution in [1.82, 2.24) is 4.98 Å². The Bertz CT molecular complexity index is 610. The lowest BCUT2D eigenvalue weighted by Crippen LogP contribution is -2.09. The number of nitrogens with two attached hydrogens (primary N) is 1. The summed E-state index contributed by atoms with van der Waals surface area (Å²) in [4.78, 5) is 6.26. The number of hydrogen-bond acceptors (Lipinski definition) is 3. The predicted molar refractivity (Wildman–Crippen MR) is 84.8 cm³/mol. The molecule has 0 aliphatic heterocycles. The molecule has 1 aromatic heterocycles. The van der Waals surface area contributed by atoms with Crippen molar-refractivity contribution >= 4 is 28.5 Å². The van der Waals surface area contributed by atoms with Crippen molar-refractivity contribution in [3.05, 3.63) is 40.4 Å². The van der Waals surface area contributed by atoms with E-state index in [2.05, 4.69) is 31.2 Å². The van der Waals surface area contributed by atoms with E-state index in [0.29, 0.717) is 10.9 Å². The number of thiocarbonyl (C=S) groups is 1. The molecule has 0 bridgehead atoms. The Morgan fingerprint density at radius 2 is 2.05 bits per heavy atom. The highest BCUT2D eigenvalue weighted by Gasteiger charge is 2.30. The van der Waals surface area contributed by atoms with E-state index in [0.717, 1.165) is 27.6 Å². The van der Waals surface area contributed by atoms with E-state index in [1.54, 1.807) is 11.3 Å². The maximum absolute atomic E-state index is 5.82. The van der Waals surface area contributed by atoms with Crippen molar-refractivity contribution in [2.75, 3.05) is 0 Å². The largest absolute Gasteiger partial charge is 0.389 e. The van der Waals surface area contributed by atoms with Gasteiger partial charge in [0.25, 0.3) is 0 Å². The third-order valence-corrected chi connectivity index (χ3v) is 4.94. The van der Waals surface area contributed by atoms with Gasteiger partial charge in [-0.1, -0.05) is 43.4 Å². The second-order valence-corrected chi connectivity index (χ2v) is 6.36. The van der Waals surface area contributed by atoms with Crippen LogP contribution in [-0.2, 0) is 6.42 Å². The zero-order valence-corrected chi connectivity index (χ0v) is 12.5. The SMILES string of the molecule is CCc1ccc(-c2nc(C3CC3)c(C(N)=S)s2)cc1. The van der Waals surface area contributed by atoms with Crippen LogP contribution in [0.15, 0.2) is 24.3 Å². The van der Waals surface area contributed by atoms with Crippen molar-refractivity contribution in [3.8, 4) is 10.6 Å². The Hall–Kier alpha value is -1.26. The summed E-state index contributed by atoms with van der Waals surface area (Å²) in [7, 11) is 0. The molecule has 0 atom stereocenters. The number of aryl methyl sites for hydroxylation is 1. The first-order valence-electron chi connectivity index (χ1n) is 6.59. The summed E-state index contributed by atoms with van der Waals surface area (Å²) in [6.45, 7) is 2.16. The van der Waals surface area contributed by atoms with E-state index in [1.165, 1.54) is 18.4 Å². The third kappa shape index (κ3) is 2.55. The number of hydrogen-bond donors (Lipinski definition) is 1. The zero-order valence-electron chi connectivity index (χ0n) is 10.8. The zero-order chi connectivity index (χ0) is 13.4. The van der Waals surface area contributed by atoms with Crippen LogP contribution in [0.4, 0.5) is 0 Å². The Morgan fingerprint density at radius 1 is 1.37 bits per heavy atom. The van der Waals surface area contributed by atoms with Gasteiger partial charge in [-0.15, -0.1) is 11.3 Å². The molecular weight excluding hydrogens is 272 g/mol. The van der Waals surface area contributed by atoms with Crippen LogP contribution in [0.2, 0.25) is 0 Å². The number of rotatable bonds is 4. The van der Waals surface area contributed by atoms with Crippen LogP contribution in [0.1, 0.15) is 41.8 Å². The molecule has 19 heavy (non-hydrogen) atoms. The highest BCUT2D eigenvalue weighted by Crippen LogP contribution is 2.44. The molecular formula is C15H16N2S2. The van der Waals surface area contributed by atoms with Crippen LogP contribution in [0.5, 0.6) is 0 Å². The van der Waals surface area contributed by atoms with Gasteiger partial charge in [0.15, 0.2) is 0 Å². The van der Waals surface area contributed by atoms with Crippen molar-refractivity contribution in [2.45, 2.75) is 32.1 Å². The minimum atomic E-state index is 0.482. The molecule has 1 heterocycles. The number of benzene rings is 1. The lowest BCUT2D eigenvalue weighted by atomic mass is 10.1. The molecule has 0 unspecified atom stereocenters. The smallest absolute Gasteiger partial charge is 0.124 e. The van der Waals surface area contributed by atoms with E-state index in [9.17, 15) is 0 Å². The molecule has 2 nitrogen and oxygen atoms in total.